The van der Waals surface area contributed by atoms with E-state index in [-0.39, 0.29) is 5.75 Å². The molecule has 1 fully saturated rings. The number of anilines is 1. The molecule has 0 radical (unpaired) electrons. The zero-order chi connectivity index (χ0) is 32.6. The Morgan fingerprint density at radius 2 is 2.10 bits per heavy atom. The van der Waals surface area contributed by atoms with Crippen molar-refractivity contribution in [3.05, 3.63) is 52.7 Å². The standard InChI is InChI=1S/C26H29ClFN4O9P/c1-14(2)39-23(35)15(3)13-42(37,41-16-7-5-4-6-8-16)38-12-18-20(33)26(36,9-10-27)24(40-18)32-11-17(28)19-21(32)30-25(29)31-22(19)34/h4-8,11,14-15,18,20,24,33,36H,12-13H2,1-3H3,(H3,29,30,31,34)/t15-,18-,20+,24-,26?,42+/m1/s1/i12D2. The maximum absolute atomic E-state index is 14.8. The lowest BCUT2D eigenvalue weighted by molar-refractivity contribution is -0.151. The third-order valence-electron chi connectivity index (χ3n) is 6.09. The Balaban J connectivity index is 1.74. The molecule has 2 aromatic heterocycles. The van der Waals surface area contributed by atoms with E-state index in [1.807, 2.05) is 5.38 Å². The van der Waals surface area contributed by atoms with Gasteiger partial charge < -0.3 is 29.9 Å². The molecule has 1 unspecified atom stereocenters. The number of hydrogen-bond donors (Lipinski definition) is 4. The van der Waals surface area contributed by atoms with Gasteiger partial charge in [0.1, 0.15) is 23.3 Å². The van der Waals surface area contributed by atoms with Crippen molar-refractivity contribution in [3.8, 4) is 17.0 Å². The molecule has 1 aromatic carbocycles. The van der Waals surface area contributed by atoms with Crippen molar-refractivity contribution >= 4 is 42.1 Å². The Kier molecular flexibility index (Phi) is 8.48. The Labute approximate surface area is 247 Å². The molecule has 0 aliphatic carbocycles. The van der Waals surface area contributed by atoms with Gasteiger partial charge in [-0.25, -0.2) is 8.96 Å². The lowest BCUT2D eigenvalue weighted by Gasteiger charge is -2.26. The molecule has 1 aliphatic heterocycles. The Morgan fingerprint density at radius 3 is 2.74 bits per heavy atom. The minimum absolute atomic E-state index is 0.00880. The summed E-state index contributed by atoms with van der Waals surface area (Å²) >= 11 is 5.55. The number of rotatable bonds is 10. The van der Waals surface area contributed by atoms with Crippen LogP contribution in [0, 0.1) is 23.0 Å². The van der Waals surface area contributed by atoms with Gasteiger partial charge in [-0.2, -0.15) is 4.98 Å². The highest BCUT2D eigenvalue weighted by Crippen LogP contribution is 2.51. The number of H-pyrrole nitrogens is 1. The molecule has 1 aliphatic rings. The van der Waals surface area contributed by atoms with Crippen LogP contribution in [0.15, 0.2) is 41.3 Å². The number of ether oxygens (including phenoxy) is 2. The summed E-state index contributed by atoms with van der Waals surface area (Å²) in [5, 5.41) is 23.9. The van der Waals surface area contributed by atoms with Gasteiger partial charge in [0.2, 0.25) is 11.5 Å². The van der Waals surface area contributed by atoms with Gasteiger partial charge in [-0.05, 0) is 43.5 Å². The number of para-hydroxylation sites is 1. The Morgan fingerprint density at radius 1 is 1.40 bits per heavy atom. The van der Waals surface area contributed by atoms with Crippen LogP contribution in [-0.2, 0) is 23.4 Å². The topological polar surface area (TPSA) is 188 Å². The monoisotopic (exact) mass is 628 g/mol. The van der Waals surface area contributed by atoms with E-state index < -0.39 is 90.7 Å². The van der Waals surface area contributed by atoms with Gasteiger partial charge >= 0.3 is 13.6 Å². The first-order valence-corrected chi connectivity index (χ1v) is 14.6. The second-order valence-electron chi connectivity index (χ2n) is 9.73. The fourth-order valence-corrected chi connectivity index (χ4v) is 6.07. The van der Waals surface area contributed by atoms with Gasteiger partial charge in [0, 0.05) is 11.6 Å². The number of nitrogens with one attached hydrogen (secondary N) is 1. The lowest BCUT2D eigenvalue weighted by atomic mass is 9.95. The number of aliphatic hydroxyl groups is 2. The highest BCUT2D eigenvalue weighted by molar-refractivity contribution is 7.54. The van der Waals surface area contributed by atoms with E-state index in [4.69, 9.17) is 38.6 Å². The first kappa shape index (κ1) is 28.7. The second kappa shape index (κ2) is 12.4. The number of halogens is 2. The van der Waals surface area contributed by atoms with E-state index in [2.05, 4.69) is 15.9 Å². The van der Waals surface area contributed by atoms with Crippen LogP contribution in [0.1, 0.15) is 29.7 Å². The van der Waals surface area contributed by atoms with Crippen LogP contribution >= 0.6 is 19.2 Å². The number of carbonyl (C=O) groups is 1. The van der Waals surface area contributed by atoms with Gasteiger partial charge in [-0.3, -0.25) is 23.7 Å². The lowest BCUT2D eigenvalue weighted by Crippen LogP contribution is -2.46. The SMILES string of the molecule is [2H]C([2H])(O[P@@](=O)(C[C@@H](C)C(=O)OC(C)C)Oc1ccccc1)[C@H]1O[C@@H](n2cc(F)c3c(=O)[nH]c(N)nc32)C(O)(C#CCl)[C@H]1O. The van der Waals surface area contributed by atoms with E-state index >= 15 is 0 Å². The highest BCUT2D eigenvalue weighted by Gasteiger charge is 2.57. The number of aliphatic hydroxyl groups excluding tert-OH is 1. The number of hydrogen-bond acceptors (Lipinski definition) is 11. The smallest absolute Gasteiger partial charge is 0.380 e. The summed E-state index contributed by atoms with van der Waals surface area (Å²) in [7, 11) is -4.64. The first-order valence-electron chi connectivity index (χ1n) is 13.5. The fourth-order valence-electron chi connectivity index (χ4n) is 4.21. The predicted molar refractivity (Wildman–Crippen MR) is 149 cm³/mol. The molecule has 3 heterocycles. The Bertz CT molecular complexity index is 1710. The quantitative estimate of drug-likeness (QED) is 0.147. The van der Waals surface area contributed by atoms with Crippen molar-refractivity contribution in [1.29, 1.82) is 0 Å². The molecule has 5 N–H and O–H groups in total. The van der Waals surface area contributed by atoms with Crippen LogP contribution in [0.3, 0.4) is 0 Å². The number of nitrogens with two attached hydrogens (primary N) is 1. The van der Waals surface area contributed by atoms with Gasteiger partial charge in [-0.1, -0.05) is 25.1 Å². The molecule has 13 nitrogen and oxygen atoms in total. The number of nitrogen functional groups attached to an aromatic ring is 1. The van der Waals surface area contributed by atoms with Crippen molar-refractivity contribution in [2.24, 2.45) is 5.92 Å². The average Bonchev–Trinajstić information content (AvgIpc) is 3.37. The van der Waals surface area contributed by atoms with Gasteiger partial charge in [-0.15, -0.1) is 0 Å². The molecule has 1 saturated heterocycles. The molecule has 0 saturated carbocycles. The van der Waals surface area contributed by atoms with Crippen molar-refractivity contribution < 1.29 is 45.2 Å². The summed E-state index contributed by atoms with van der Waals surface area (Å²) < 4.78 is 68.9. The zero-order valence-electron chi connectivity index (χ0n) is 24.5. The molecule has 0 bridgehead atoms. The normalized spacial score (nSPS) is 25.2. The molecule has 0 spiro atoms. The number of esters is 1. The van der Waals surface area contributed by atoms with Gasteiger partial charge in [0.05, 0.1) is 27.5 Å². The van der Waals surface area contributed by atoms with Crippen molar-refractivity contribution in [2.75, 3.05) is 18.5 Å². The van der Waals surface area contributed by atoms with Gasteiger partial charge in [0.25, 0.3) is 5.56 Å². The third-order valence-corrected chi connectivity index (χ3v) is 8.05. The van der Waals surface area contributed by atoms with Crippen LogP contribution < -0.4 is 15.8 Å². The predicted octanol–water partition coefficient (Wildman–Crippen LogP) is 2.51. The largest absolute Gasteiger partial charge is 0.463 e. The van der Waals surface area contributed by atoms with Crippen LogP contribution in [0.2, 0.25) is 0 Å². The minimum Gasteiger partial charge on any atom is -0.463 e. The number of benzene rings is 1. The third kappa shape index (κ3) is 6.47. The average molecular weight is 629 g/mol. The number of nitrogens with zero attached hydrogens (tertiary/aromatic N) is 2. The van der Waals surface area contributed by atoms with Crippen LogP contribution in [0.25, 0.3) is 11.0 Å². The van der Waals surface area contributed by atoms with Crippen molar-refractivity contribution in [2.45, 2.75) is 50.9 Å². The minimum atomic E-state index is -4.64. The Hall–Kier alpha value is -3.44. The molecule has 6 atom stereocenters. The van der Waals surface area contributed by atoms with E-state index in [1.165, 1.54) is 19.1 Å². The summed E-state index contributed by atoms with van der Waals surface area (Å²) in [5.74, 6) is -1.27. The molecule has 16 heteroatoms. The zero-order valence-corrected chi connectivity index (χ0v) is 24.1. The maximum atomic E-state index is 14.8. The molecular weight excluding hydrogens is 598 g/mol. The maximum Gasteiger partial charge on any atom is 0.380 e. The molecule has 226 valence electrons. The van der Waals surface area contributed by atoms with Crippen LogP contribution in [0.4, 0.5) is 10.3 Å². The fraction of sp³-hybridized carbons (Fsp3) is 0.423. The summed E-state index contributed by atoms with van der Waals surface area (Å²) in [4.78, 5) is 30.9. The first-order chi connectivity index (χ1) is 20.5. The molecule has 42 heavy (non-hydrogen) atoms. The number of carbonyl (C=O) groups excluding carboxylic acids is 1. The summed E-state index contributed by atoms with van der Waals surface area (Å²) in [6.07, 6.45) is -6.90. The number of aromatic amines is 1. The second-order valence-corrected chi connectivity index (χ2v) is 11.9. The van der Waals surface area contributed by atoms with E-state index in [0.29, 0.717) is 6.20 Å². The number of aromatic nitrogens is 3. The van der Waals surface area contributed by atoms with E-state index in [0.717, 1.165) is 4.57 Å². The summed E-state index contributed by atoms with van der Waals surface area (Å²) in [6, 6.07) is 7.58. The van der Waals surface area contributed by atoms with E-state index in [1.54, 1.807) is 32.0 Å². The van der Waals surface area contributed by atoms with E-state index in [9.17, 15) is 28.8 Å². The number of fused-ring (bicyclic) bond motifs is 1. The van der Waals surface area contributed by atoms with Crippen molar-refractivity contribution in [1.82, 2.24) is 14.5 Å². The highest BCUT2D eigenvalue weighted by atomic mass is 35.5. The summed E-state index contributed by atoms with van der Waals surface area (Å²) in [5.41, 5.74) is 1.44. The molecule has 4 rings (SSSR count). The molecule has 0 amide bonds. The van der Waals surface area contributed by atoms with Gasteiger partial charge in [0.15, 0.2) is 17.7 Å². The van der Waals surface area contributed by atoms with Crippen LogP contribution in [0.5, 0.6) is 5.75 Å². The summed E-state index contributed by atoms with van der Waals surface area (Å²) in [6.45, 7) is 1.36. The van der Waals surface area contributed by atoms with Crippen LogP contribution in [-0.4, -0.2) is 67.4 Å². The van der Waals surface area contributed by atoms with Crippen molar-refractivity contribution in [3.63, 3.8) is 0 Å². The molecular formula is C26H29ClFN4O9P. The molecule has 3 aromatic rings.